The Hall–Kier alpha value is -2.18. The lowest BCUT2D eigenvalue weighted by molar-refractivity contribution is -0.126. The number of carbonyl (C=O) groups is 1. The van der Waals surface area contributed by atoms with Crippen LogP contribution < -0.4 is 5.32 Å². The van der Waals surface area contributed by atoms with Gasteiger partial charge in [-0.1, -0.05) is 60.9 Å². The molecule has 0 spiro atoms. The Balaban J connectivity index is 1.35. The Morgan fingerprint density at radius 1 is 1.03 bits per heavy atom. The minimum Gasteiger partial charge on any atom is -0.355 e. The van der Waals surface area contributed by atoms with Crippen molar-refractivity contribution in [3.63, 3.8) is 0 Å². The molecular formula is C25H32N2O3S. The first kappa shape index (κ1) is 22.0. The van der Waals surface area contributed by atoms with Crippen molar-refractivity contribution in [1.82, 2.24) is 9.62 Å². The Morgan fingerprint density at radius 2 is 1.71 bits per heavy atom. The summed E-state index contributed by atoms with van der Waals surface area (Å²) in [7, 11) is -3.43. The summed E-state index contributed by atoms with van der Waals surface area (Å²) in [5, 5.41) is 3.23. The minimum absolute atomic E-state index is 0.134. The molecule has 0 unspecified atom stereocenters. The number of aryl methyl sites for hydroxylation is 1. The van der Waals surface area contributed by atoms with E-state index in [1.54, 1.807) is 28.6 Å². The van der Waals surface area contributed by atoms with Crippen molar-refractivity contribution in [3.05, 3.63) is 65.7 Å². The normalized spacial score (nSPS) is 19.9. The summed E-state index contributed by atoms with van der Waals surface area (Å²) >= 11 is 0. The van der Waals surface area contributed by atoms with Crippen molar-refractivity contribution in [2.24, 2.45) is 5.92 Å². The van der Waals surface area contributed by atoms with Gasteiger partial charge in [0.15, 0.2) is 0 Å². The average molecular weight is 441 g/mol. The molecule has 1 aliphatic heterocycles. The van der Waals surface area contributed by atoms with E-state index in [4.69, 9.17) is 0 Å². The van der Waals surface area contributed by atoms with E-state index in [2.05, 4.69) is 30.4 Å². The lowest BCUT2D eigenvalue weighted by atomic mass is 9.77. The molecule has 2 aliphatic rings. The molecule has 1 saturated carbocycles. The third-order valence-corrected chi connectivity index (χ3v) is 8.88. The van der Waals surface area contributed by atoms with Crippen molar-refractivity contribution < 1.29 is 13.2 Å². The molecule has 0 atom stereocenters. The van der Waals surface area contributed by atoms with E-state index in [0.29, 0.717) is 30.4 Å². The third-order valence-electron chi connectivity index (χ3n) is 6.97. The molecule has 2 aromatic rings. The summed E-state index contributed by atoms with van der Waals surface area (Å²) in [6, 6.07) is 17.0. The maximum atomic E-state index is 13.3. The number of piperidine rings is 1. The zero-order chi connectivity index (χ0) is 21.9. The molecule has 6 heteroatoms. The van der Waals surface area contributed by atoms with Gasteiger partial charge in [0.2, 0.25) is 15.9 Å². The summed E-state index contributed by atoms with van der Waals surface area (Å²) in [6.45, 7) is 3.69. The highest BCUT2D eigenvalue weighted by Crippen LogP contribution is 2.41. The fourth-order valence-corrected chi connectivity index (χ4v) is 6.56. The number of nitrogens with zero attached hydrogens (tertiary/aromatic N) is 1. The maximum Gasteiger partial charge on any atom is 0.243 e. The molecule has 1 heterocycles. The molecule has 1 amide bonds. The Bertz CT molecular complexity index is 1010. The second kappa shape index (κ2) is 9.13. The van der Waals surface area contributed by atoms with Crippen molar-refractivity contribution in [3.8, 4) is 0 Å². The predicted octanol–water partition coefficient (Wildman–Crippen LogP) is 4.02. The number of sulfonamides is 1. The van der Waals surface area contributed by atoms with Crippen molar-refractivity contribution >= 4 is 15.9 Å². The molecular weight excluding hydrogens is 408 g/mol. The summed E-state index contributed by atoms with van der Waals surface area (Å²) in [5.74, 6) is 0.442. The Kier molecular flexibility index (Phi) is 6.49. The molecule has 0 bridgehead atoms. The van der Waals surface area contributed by atoms with Gasteiger partial charge in [0.1, 0.15) is 0 Å². The maximum absolute atomic E-state index is 13.3. The van der Waals surface area contributed by atoms with Gasteiger partial charge in [0.05, 0.1) is 10.3 Å². The van der Waals surface area contributed by atoms with Gasteiger partial charge in [-0.2, -0.15) is 4.31 Å². The van der Waals surface area contributed by atoms with Crippen molar-refractivity contribution in [1.29, 1.82) is 0 Å². The molecule has 0 aromatic heterocycles. The lowest BCUT2D eigenvalue weighted by Crippen LogP contribution is -2.46. The van der Waals surface area contributed by atoms with Crippen LogP contribution in [0.2, 0.25) is 0 Å². The first-order valence-corrected chi connectivity index (χ1v) is 12.8. The topological polar surface area (TPSA) is 66.5 Å². The van der Waals surface area contributed by atoms with Crippen LogP contribution in [0, 0.1) is 12.8 Å². The molecule has 1 aliphatic carbocycles. The van der Waals surface area contributed by atoms with Gasteiger partial charge in [-0.15, -0.1) is 0 Å². The van der Waals surface area contributed by atoms with Crippen molar-refractivity contribution in [2.45, 2.75) is 55.8 Å². The van der Waals surface area contributed by atoms with E-state index in [1.165, 1.54) is 5.56 Å². The van der Waals surface area contributed by atoms with E-state index in [1.807, 2.05) is 12.1 Å². The number of hydrogen-bond acceptors (Lipinski definition) is 3. The largest absolute Gasteiger partial charge is 0.355 e. The molecule has 5 nitrogen and oxygen atoms in total. The van der Waals surface area contributed by atoms with E-state index >= 15 is 0 Å². The van der Waals surface area contributed by atoms with E-state index in [-0.39, 0.29) is 5.91 Å². The van der Waals surface area contributed by atoms with Crippen LogP contribution in [0.3, 0.4) is 0 Å². The van der Waals surface area contributed by atoms with Crippen LogP contribution in [0.4, 0.5) is 0 Å². The zero-order valence-electron chi connectivity index (χ0n) is 18.2. The number of amides is 1. The Morgan fingerprint density at radius 3 is 2.35 bits per heavy atom. The van der Waals surface area contributed by atoms with Crippen LogP contribution in [0.15, 0.2) is 59.5 Å². The molecule has 1 N–H and O–H groups in total. The summed E-state index contributed by atoms with van der Waals surface area (Å²) in [4.78, 5) is 13.7. The number of nitrogens with one attached hydrogen (secondary N) is 1. The molecule has 31 heavy (non-hydrogen) atoms. The average Bonchev–Trinajstić information content (AvgIpc) is 3.30. The minimum atomic E-state index is -3.43. The number of hydrogen-bond donors (Lipinski definition) is 1. The zero-order valence-corrected chi connectivity index (χ0v) is 19.0. The van der Waals surface area contributed by atoms with Gasteiger partial charge in [0, 0.05) is 19.6 Å². The summed E-state index contributed by atoms with van der Waals surface area (Å²) in [6.07, 6.45) is 5.49. The van der Waals surface area contributed by atoms with Crippen LogP contribution in [-0.2, 0) is 20.2 Å². The summed E-state index contributed by atoms with van der Waals surface area (Å²) < 4.78 is 27.2. The predicted molar refractivity (Wildman–Crippen MR) is 122 cm³/mol. The molecule has 166 valence electrons. The van der Waals surface area contributed by atoms with Crippen LogP contribution in [-0.4, -0.2) is 38.3 Å². The number of benzene rings is 2. The van der Waals surface area contributed by atoms with Gasteiger partial charge < -0.3 is 5.32 Å². The first-order chi connectivity index (χ1) is 14.9. The quantitative estimate of drug-likeness (QED) is 0.738. The number of rotatable bonds is 6. The molecule has 2 aromatic carbocycles. The van der Waals surface area contributed by atoms with E-state index in [0.717, 1.165) is 44.1 Å². The van der Waals surface area contributed by atoms with Gasteiger partial charge in [-0.3, -0.25) is 4.79 Å². The summed E-state index contributed by atoms with van der Waals surface area (Å²) in [5.41, 5.74) is 1.90. The molecule has 4 rings (SSSR count). The highest BCUT2D eigenvalue weighted by Gasteiger charge is 2.42. The molecule has 2 fully saturated rings. The fraction of sp³-hybridized carbons (Fsp3) is 0.480. The monoisotopic (exact) mass is 440 g/mol. The highest BCUT2D eigenvalue weighted by molar-refractivity contribution is 7.89. The van der Waals surface area contributed by atoms with Crippen LogP contribution in [0.1, 0.15) is 49.7 Å². The Labute approximate surface area is 185 Å². The molecule has 0 radical (unpaired) electrons. The van der Waals surface area contributed by atoms with Gasteiger partial charge >= 0.3 is 0 Å². The van der Waals surface area contributed by atoms with Crippen molar-refractivity contribution in [2.75, 3.05) is 19.6 Å². The smallest absolute Gasteiger partial charge is 0.243 e. The van der Waals surface area contributed by atoms with Crippen LogP contribution in [0.5, 0.6) is 0 Å². The molecule has 1 saturated heterocycles. The van der Waals surface area contributed by atoms with Crippen LogP contribution >= 0.6 is 0 Å². The van der Waals surface area contributed by atoms with E-state index in [9.17, 15) is 13.2 Å². The van der Waals surface area contributed by atoms with Gasteiger partial charge in [-0.05, 0) is 56.2 Å². The highest BCUT2D eigenvalue weighted by atomic mass is 32.2. The fourth-order valence-electron chi connectivity index (χ4n) is 5.07. The van der Waals surface area contributed by atoms with Gasteiger partial charge in [-0.25, -0.2) is 8.42 Å². The first-order valence-electron chi connectivity index (χ1n) is 11.3. The lowest BCUT2D eigenvalue weighted by Gasteiger charge is -2.33. The van der Waals surface area contributed by atoms with Gasteiger partial charge in [0.25, 0.3) is 0 Å². The second-order valence-electron chi connectivity index (χ2n) is 9.03. The van der Waals surface area contributed by atoms with Crippen LogP contribution in [0.25, 0.3) is 0 Å². The SMILES string of the molecule is Cc1cccc(C2(C(=O)NCC3CCN(S(=O)(=O)c4ccccc4)CC3)CCCC2)c1. The third kappa shape index (κ3) is 4.55. The van der Waals surface area contributed by atoms with E-state index < -0.39 is 15.4 Å². The standard InChI is InChI=1S/C25H32N2O3S/c1-20-8-7-9-22(18-20)25(14-5-6-15-25)24(28)26-19-21-12-16-27(17-13-21)31(29,30)23-10-3-2-4-11-23/h2-4,7-11,18,21H,5-6,12-17,19H2,1H3,(H,26,28). The number of carbonyl (C=O) groups excluding carboxylic acids is 1. The second-order valence-corrected chi connectivity index (χ2v) is 11.0.